The Labute approximate surface area is 148 Å². The van der Waals surface area contributed by atoms with E-state index in [9.17, 15) is 4.79 Å². The van der Waals surface area contributed by atoms with Gasteiger partial charge in [0, 0.05) is 11.8 Å². The molecular formula is C19H24N2O4. The van der Waals surface area contributed by atoms with Crippen molar-refractivity contribution < 1.29 is 19.0 Å². The molecule has 0 unspecified atom stereocenters. The average Bonchev–Trinajstić information content (AvgIpc) is 2.65. The molecule has 6 nitrogen and oxygen atoms in total. The van der Waals surface area contributed by atoms with E-state index in [1.165, 1.54) is 0 Å². The lowest BCUT2D eigenvalue weighted by molar-refractivity contribution is 0.248. The van der Waals surface area contributed by atoms with Crippen molar-refractivity contribution >= 4 is 11.7 Å². The Hall–Kier alpha value is -2.89. The highest BCUT2D eigenvalue weighted by atomic mass is 16.5. The normalized spacial score (nSPS) is 11.4. The van der Waals surface area contributed by atoms with E-state index in [0.717, 1.165) is 12.0 Å². The zero-order valence-corrected chi connectivity index (χ0v) is 15.0. The monoisotopic (exact) mass is 344 g/mol. The number of hydrogen-bond acceptors (Lipinski definition) is 4. The van der Waals surface area contributed by atoms with Crippen LogP contribution in [0.3, 0.4) is 0 Å². The van der Waals surface area contributed by atoms with Crippen LogP contribution in [0.2, 0.25) is 0 Å². The minimum Gasteiger partial charge on any atom is -0.497 e. The van der Waals surface area contributed by atoms with Crippen LogP contribution in [0.1, 0.15) is 24.9 Å². The molecule has 2 N–H and O–H groups in total. The SMILES string of the molecule is CC[C@H](NC(=O)Nc1cccc(OC)c1)c1ccc(OC)c(OC)c1. The van der Waals surface area contributed by atoms with Crippen LogP contribution in [0, 0.1) is 0 Å². The van der Waals surface area contributed by atoms with Gasteiger partial charge in [-0.15, -0.1) is 0 Å². The molecule has 0 bridgehead atoms. The lowest BCUT2D eigenvalue weighted by Gasteiger charge is -2.19. The summed E-state index contributed by atoms with van der Waals surface area (Å²) < 4.78 is 15.7. The molecule has 0 aliphatic rings. The van der Waals surface area contributed by atoms with E-state index in [1.807, 2.05) is 37.3 Å². The van der Waals surface area contributed by atoms with Gasteiger partial charge < -0.3 is 24.8 Å². The Balaban J connectivity index is 2.09. The Morgan fingerprint density at radius 3 is 2.40 bits per heavy atom. The largest absolute Gasteiger partial charge is 0.497 e. The average molecular weight is 344 g/mol. The number of carbonyl (C=O) groups excluding carboxylic acids is 1. The number of hydrogen-bond donors (Lipinski definition) is 2. The minimum atomic E-state index is -0.283. The van der Waals surface area contributed by atoms with Crippen LogP contribution in [0.25, 0.3) is 0 Å². The van der Waals surface area contributed by atoms with Crippen LogP contribution in [0.4, 0.5) is 10.5 Å². The van der Waals surface area contributed by atoms with E-state index >= 15 is 0 Å². The van der Waals surface area contributed by atoms with Gasteiger partial charge in [-0.05, 0) is 36.2 Å². The van der Waals surface area contributed by atoms with E-state index in [2.05, 4.69) is 10.6 Å². The number of methoxy groups -OCH3 is 3. The molecule has 134 valence electrons. The van der Waals surface area contributed by atoms with Crippen molar-refractivity contribution in [2.45, 2.75) is 19.4 Å². The van der Waals surface area contributed by atoms with Gasteiger partial charge in [0.25, 0.3) is 0 Å². The molecule has 0 saturated heterocycles. The van der Waals surface area contributed by atoms with E-state index in [1.54, 1.807) is 33.5 Å². The van der Waals surface area contributed by atoms with E-state index in [4.69, 9.17) is 14.2 Å². The van der Waals surface area contributed by atoms with Crippen molar-refractivity contribution in [1.29, 1.82) is 0 Å². The van der Waals surface area contributed by atoms with Crippen molar-refractivity contribution in [3.8, 4) is 17.2 Å². The zero-order valence-electron chi connectivity index (χ0n) is 15.0. The summed E-state index contributed by atoms with van der Waals surface area (Å²) in [6.07, 6.45) is 0.737. The minimum absolute atomic E-state index is 0.148. The van der Waals surface area contributed by atoms with Gasteiger partial charge in [0.1, 0.15) is 5.75 Å². The topological polar surface area (TPSA) is 68.8 Å². The molecule has 0 heterocycles. The molecule has 0 aromatic heterocycles. The van der Waals surface area contributed by atoms with Crippen LogP contribution in [-0.4, -0.2) is 27.4 Å². The number of rotatable bonds is 7. The van der Waals surface area contributed by atoms with Crippen LogP contribution in [0.15, 0.2) is 42.5 Å². The second-order valence-electron chi connectivity index (χ2n) is 5.41. The molecule has 0 aliphatic carbocycles. The predicted octanol–water partition coefficient (Wildman–Crippen LogP) is 3.99. The molecule has 0 spiro atoms. The maximum Gasteiger partial charge on any atom is 0.319 e. The van der Waals surface area contributed by atoms with Gasteiger partial charge in [-0.2, -0.15) is 0 Å². The molecule has 2 rings (SSSR count). The highest BCUT2D eigenvalue weighted by Crippen LogP contribution is 2.30. The van der Waals surface area contributed by atoms with Crippen LogP contribution in [0.5, 0.6) is 17.2 Å². The molecule has 2 amide bonds. The van der Waals surface area contributed by atoms with Crippen molar-refractivity contribution in [2.24, 2.45) is 0 Å². The van der Waals surface area contributed by atoms with E-state index in [-0.39, 0.29) is 12.1 Å². The number of amides is 2. The van der Waals surface area contributed by atoms with Crippen molar-refractivity contribution in [3.63, 3.8) is 0 Å². The molecule has 1 atom stereocenters. The van der Waals surface area contributed by atoms with E-state index in [0.29, 0.717) is 22.9 Å². The number of ether oxygens (including phenoxy) is 3. The van der Waals surface area contributed by atoms with Crippen LogP contribution < -0.4 is 24.8 Å². The maximum atomic E-state index is 12.3. The third-order valence-corrected chi connectivity index (χ3v) is 3.85. The van der Waals surface area contributed by atoms with Crippen LogP contribution in [-0.2, 0) is 0 Å². The number of anilines is 1. The standard InChI is InChI=1S/C19H24N2O4/c1-5-16(13-9-10-17(24-3)18(11-13)25-4)21-19(22)20-14-7-6-8-15(12-14)23-2/h6-12,16H,5H2,1-4H3,(H2,20,21,22)/t16-/m0/s1. The first kappa shape index (κ1) is 18.4. The third-order valence-electron chi connectivity index (χ3n) is 3.85. The number of nitrogens with one attached hydrogen (secondary N) is 2. The molecule has 0 saturated carbocycles. The first-order valence-corrected chi connectivity index (χ1v) is 8.04. The summed E-state index contributed by atoms with van der Waals surface area (Å²) in [5.41, 5.74) is 1.61. The van der Waals surface area contributed by atoms with Crippen molar-refractivity contribution in [2.75, 3.05) is 26.6 Å². The Morgan fingerprint density at radius 2 is 1.76 bits per heavy atom. The number of carbonyl (C=O) groups is 1. The molecule has 0 fully saturated rings. The summed E-state index contributed by atoms with van der Waals surface area (Å²) in [5.74, 6) is 1.97. The van der Waals surface area contributed by atoms with Crippen LogP contribution >= 0.6 is 0 Å². The molecule has 25 heavy (non-hydrogen) atoms. The lowest BCUT2D eigenvalue weighted by atomic mass is 10.0. The van der Waals surface area contributed by atoms with Gasteiger partial charge in [-0.1, -0.05) is 19.1 Å². The highest BCUT2D eigenvalue weighted by Gasteiger charge is 2.15. The molecule has 0 aliphatic heterocycles. The Bertz CT molecular complexity index is 718. The second kappa shape index (κ2) is 8.82. The first-order valence-electron chi connectivity index (χ1n) is 8.04. The summed E-state index contributed by atoms with van der Waals surface area (Å²) in [4.78, 5) is 12.3. The van der Waals surface area contributed by atoms with Gasteiger partial charge in [0.15, 0.2) is 11.5 Å². The third kappa shape index (κ3) is 4.79. The van der Waals surface area contributed by atoms with Gasteiger partial charge in [0.2, 0.25) is 0 Å². The molecule has 2 aromatic rings. The summed E-state index contributed by atoms with van der Waals surface area (Å²) in [5, 5.41) is 5.79. The summed E-state index contributed by atoms with van der Waals surface area (Å²) in [6.45, 7) is 2.01. The zero-order chi connectivity index (χ0) is 18.2. The highest BCUT2D eigenvalue weighted by molar-refractivity contribution is 5.89. The molecule has 0 radical (unpaired) electrons. The second-order valence-corrected chi connectivity index (χ2v) is 5.41. The fourth-order valence-corrected chi connectivity index (χ4v) is 2.52. The Kier molecular flexibility index (Phi) is 6.51. The summed E-state index contributed by atoms with van der Waals surface area (Å²) in [7, 11) is 4.77. The summed E-state index contributed by atoms with van der Waals surface area (Å²) >= 11 is 0. The molecule has 2 aromatic carbocycles. The molecular weight excluding hydrogens is 320 g/mol. The fraction of sp³-hybridized carbons (Fsp3) is 0.316. The molecule has 6 heteroatoms. The van der Waals surface area contributed by atoms with Gasteiger partial charge in [-0.25, -0.2) is 4.79 Å². The van der Waals surface area contributed by atoms with Gasteiger partial charge in [0.05, 0.1) is 27.4 Å². The lowest BCUT2D eigenvalue weighted by Crippen LogP contribution is -2.32. The van der Waals surface area contributed by atoms with Crippen molar-refractivity contribution in [1.82, 2.24) is 5.32 Å². The Morgan fingerprint density at radius 1 is 1.00 bits per heavy atom. The first-order chi connectivity index (χ1) is 12.1. The van der Waals surface area contributed by atoms with Gasteiger partial charge >= 0.3 is 6.03 Å². The maximum absolute atomic E-state index is 12.3. The quantitative estimate of drug-likeness (QED) is 0.797. The van der Waals surface area contributed by atoms with Crippen molar-refractivity contribution in [3.05, 3.63) is 48.0 Å². The fourth-order valence-electron chi connectivity index (χ4n) is 2.52. The van der Waals surface area contributed by atoms with Gasteiger partial charge in [-0.3, -0.25) is 0 Å². The number of benzene rings is 2. The summed E-state index contributed by atoms with van der Waals surface area (Å²) in [6, 6.07) is 12.4. The van der Waals surface area contributed by atoms with E-state index < -0.39 is 0 Å². The number of urea groups is 1. The predicted molar refractivity (Wildman–Crippen MR) is 97.7 cm³/mol. The smallest absolute Gasteiger partial charge is 0.319 e.